The van der Waals surface area contributed by atoms with Gasteiger partial charge < -0.3 is 19.5 Å². The maximum absolute atomic E-state index is 13.2. The Labute approximate surface area is 178 Å². The fraction of sp³-hybridized carbons (Fsp3) is 0.524. The molecule has 2 aromatic rings. The number of hydrogen-bond donors (Lipinski definition) is 1. The van der Waals surface area contributed by atoms with Gasteiger partial charge in [0.25, 0.3) is 0 Å². The van der Waals surface area contributed by atoms with Gasteiger partial charge in [-0.15, -0.1) is 0 Å². The Morgan fingerprint density at radius 3 is 2.70 bits per heavy atom. The largest absolute Gasteiger partial charge is 0.376 e. The van der Waals surface area contributed by atoms with E-state index >= 15 is 0 Å². The van der Waals surface area contributed by atoms with Crippen LogP contribution in [0.5, 0.6) is 0 Å². The number of carbonyl (C=O) groups is 1. The second kappa shape index (κ2) is 10.1. The van der Waals surface area contributed by atoms with Gasteiger partial charge in [-0.2, -0.15) is 0 Å². The van der Waals surface area contributed by atoms with Crippen LogP contribution in [0.2, 0.25) is 0 Å². The lowest BCUT2D eigenvalue weighted by Crippen LogP contribution is -2.39. The van der Waals surface area contributed by atoms with Crippen LogP contribution in [0.1, 0.15) is 37.9 Å². The summed E-state index contributed by atoms with van der Waals surface area (Å²) in [6.45, 7) is 6.16. The third-order valence-corrected chi connectivity index (χ3v) is 6.73. The van der Waals surface area contributed by atoms with Crippen molar-refractivity contribution in [2.45, 2.75) is 56.8 Å². The van der Waals surface area contributed by atoms with E-state index in [1.807, 2.05) is 32.0 Å². The van der Waals surface area contributed by atoms with E-state index in [2.05, 4.69) is 10.3 Å². The molecule has 1 fully saturated rings. The molecule has 0 bridgehead atoms. The first-order valence-corrected chi connectivity index (χ1v) is 12.0. The highest BCUT2D eigenvalue weighted by Crippen LogP contribution is 2.22. The first kappa shape index (κ1) is 22.3. The van der Waals surface area contributed by atoms with Crippen molar-refractivity contribution in [3.63, 3.8) is 0 Å². The fourth-order valence-corrected chi connectivity index (χ4v) is 5.10. The molecule has 8 nitrogen and oxygen atoms in total. The van der Waals surface area contributed by atoms with Crippen LogP contribution in [0.25, 0.3) is 0 Å². The van der Waals surface area contributed by atoms with Crippen LogP contribution >= 0.6 is 0 Å². The minimum absolute atomic E-state index is 0.0313. The first-order chi connectivity index (χ1) is 14.4. The summed E-state index contributed by atoms with van der Waals surface area (Å²) < 4.78 is 33.8. The molecule has 0 saturated carbocycles. The van der Waals surface area contributed by atoms with Crippen LogP contribution in [0.15, 0.2) is 41.7 Å². The van der Waals surface area contributed by atoms with E-state index in [0.29, 0.717) is 37.5 Å². The molecule has 0 aliphatic carbocycles. The summed E-state index contributed by atoms with van der Waals surface area (Å²) in [5, 5.41) is 2.82. The zero-order valence-corrected chi connectivity index (χ0v) is 18.4. The number of imidazole rings is 1. The Kier molecular flexibility index (Phi) is 7.49. The van der Waals surface area contributed by atoms with Crippen molar-refractivity contribution in [2.24, 2.45) is 0 Å². The predicted molar refractivity (Wildman–Crippen MR) is 114 cm³/mol. The number of nitrogens with one attached hydrogen (secondary N) is 1. The number of benzene rings is 1. The second-order valence-electron chi connectivity index (χ2n) is 7.37. The maximum atomic E-state index is 13.2. The van der Waals surface area contributed by atoms with E-state index in [-0.39, 0.29) is 29.6 Å². The lowest BCUT2D eigenvalue weighted by molar-refractivity contribution is 0.0935. The molecule has 0 radical (unpaired) electrons. The summed E-state index contributed by atoms with van der Waals surface area (Å²) in [5.41, 5.74) is 1.40. The second-order valence-corrected chi connectivity index (χ2v) is 9.26. The molecule has 3 rings (SSSR count). The van der Waals surface area contributed by atoms with E-state index in [0.717, 1.165) is 12.8 Å². The maximum Gasteiger partial charge on any atom is 0.317 e. The molecule has 1 aromatic carbocycles. The Balaban J connectivity index is 1.91. The quantitative estimate of drug-likeness (QED) is 0.655. The van der Waals surface area contributed by atoms with Crippen LogP contribution < -0.4 is 5.32 Å². The van der Waals surface area contributed by atoms with Crippen molar-refractivity contribution < 1.29 is 17.9 Å². The topological polar surface area (TPSA) is 93.5 Å². The molecule has 30 heavy (non-hydrogen) atoms. The first-order valence-electron chi connectivity index (χ1n) is 10.4. The van der Waals surface area contributed by atoms with Crippen molar-refractivity contribution in [3.05, 3.63) is 47.8 Å². The Morgan fingerprint density at radius 2 is 2.07 bits per heavy atom. The summed E-state index contributed by atoms with van der Waals surface area (Å²) in [4.78, 5) is 18.2. The third-order valence-electron chi connectivity index (χ3n) is 5.14. The number of nitrogens with zero attached hydrogens (tertiary/aromatic N) is 3. The SMILES string of the molecule is CCNC(=O)N(CC)Cc1cnc(S(=O)(=O)Cc2ccccc2)n1CC1CCCO1. The van der Waals surface area contributed by atoms with Gasteiger partial charge in [0.2, 0.25) is 15.0 Å². The number of amides is 2. The third kappa shape index (κ3) is 5.40. The monoisotopic (exact) mass is 434 g/mol. The zero-order chi connectivity index (χ0) is 21.6. The van der Waals surface area contributed by atoms with Crippen LogP contribution in [-0.2, 0) is 33.4 Å². The molecule has 0 spiro atoms. The number of carbonyl (C=O) groups excluding carboxylic acids is 1. The molecule has 2 heterocycles. The van der Waals surface area contributed by atoms with Gasteiger partial charge in [-0.05, 0) is 32.3 Å². The average molecular weight is 435 g/mol. The Bertz CT molecular complexity index is 937. The van der Waals surface area contributed by atoms with E-state index in [4.69, 9.17) is 4.74 Å². The van der Waals surface area contributed by atoms with Crippen molar-refractivity contribution in [1.82, 2.24) is 19.8 Å². The van der Waals surface area contributed by atoms with E-state index < -0.39 is 9.84 Å². The molecular formula is C21H30N4O4S. The summed E-state index contributed by atoms with van der Waals surface area (Å²) in [7, 11) is -3.66. The fourth-order valence-electron chi connectivity index (χ4n) is 3.60. The lowest BCUT2D eigenvalue weighted by Gasteiger charge is -2.23. The van der Waals surface area contributed by atoms with Gasteiger partial charge in [-0.25, -0.2) is 18.2 Å². The molecule has 1 aliphatic heterocycles. The van der Waals surface area contributed by atoms with Gasteiger partial charge in [-0.3, -0.25) is 0 Å². The standard InChI is InChI=1S/C21H30N4O4S/c1-3-22-20(26)24(4-2)14-18-13-23-21(25(18)15-19-11-8-12-29-19)30(27,28)16-17-9-6-5-7-10-17/h5-7,9-10,13,19H,3-4,8,11-12,14-16H2,1-2H3,(H,22,26). The number of sulfone groups is 1. The van der Waals surface area contributed by atoms with Crippen LogP contribution in [0.4, 0.5) is 4.79 Å². The van der Waals surface area contributed by atoms with Crippen molar-refractivity contribution in [3.8, 4) is 0 Å². The van der Waals surface area contributed by atoms with E-state index in [9.17, 15) is 13.2 Å². The molecule has 1 N–H and O–H groups in total. The van der Waals surface area contributed by atoms with Gasteiger partial charge in [0.1, 0.15) is 0 Å². The zero-order valence-electron chi connectivity index (χ0n) is 17.6. The average Bonchev–Trinajstić information content (AvgIpc) is 3.37. The number of ether oxygens (including phenoxy) is 1. The summed E-state index contributed by atoms with van der Waals surface area (Å²) in [5.74, 6) is -0.121. The Hall–Kier alpha value is -2.39. The van der Waals surface area contributed by atoms with Crippen molar-refractivity contribution in [1.29, 1.82) is 0 Å². The van der Waals surface area contributed by atoms with Crippen LogP contribution in [0, 0.1) is 0 Å². The number of urea groups is 1. The molecule has 1 atom stereocenters. The molecule has 2 amide bonds. The smallest absolute Gasteiger partial charge is 0.317 e. The number of hydrogen-bond acceptors (Lipinski definition) is 5. The van der Waals surface area contributed by atoms with Gasteiger partial charge in [0.05, 0.1) is 36.8 Å². The lowest BCUT2D eigenvalue weighted by atomic mass is 10.2. The number of rotatable bonds is 9. The minimum Gasteiger partial charge on any atom is -0.376 e. The predicted octanol–water partition coefficient (Wildman–Crippen LogP) is 2.59. The summed E-state index contributed by atoms with van der Waals surface area (Å²) >= 11 is 0. The summed E-state index contributed by atoms with van der Waals surface area (Å²) in [6.07, 6.45) is 3.35. The molecule has 9 heteroatoms. The van der Waals surface area contributed by atoms with Crippen molar-refractivity contribution >= 4 is 15.9 Å². The highest BCUT2D eigenvalue weighted by Gasteiger charge is 2.28. The molecule has 1 saturated heterocycles. The molecule has 1 aromatic heterocycles. The minimum atomic E-state index is -3.66. The molecule has 1 unspecified atom stereocenters. The van der Waals surface area contributed by atoms with E-state index in [1.165, 1.54) is 0 Å². The molecule has 164 valence electrons. The van der Waals surface area contributed by atoms with Crippen molar-refractivity contribution in [2.75, 3.05) is 19.7 Å². The van der Waals surface area contributed by atoms with Gasteiger partial charge in [-0.1, -0.05) is 30.3 Å². The number of aromatic nitrogens is 2. The van der Waals surface area contributed by atoms with Crippen LogP contribution in [-0.4, -0.2) is 54.7 Å². The van der Waals surface area contributed by atoms with Gasteiger partial charge in [0, 0.05) is 19.7 Å². The Morgan fingerprint density at radius 1 is 1.30 bits per heavy atom. The highest BCUT2D eigenvalue weighted by molar-refractivity contribution is 7.90. The molecule has 1 aliphatic rings. The van der Waals surface area contributed by atoms with E-state index in [1.54, 1.807) is 27.8 Å². The highest BCUT2D eigenvalue weighted by atomic mass is 32.2. The summed E-state index contributed by atoms with van der Waals surface area (Å²) in [6, 6.07) is 8.90. The van der Waals surface area contributed by atoms with Crippen LogP contribution in [0.3, 0.4) is 0 Å². The van der Waals surface area contributed by atoms with Gasteiger partial charge >= 0.3 is 6.03 Å². The normalized spacial score (nSPS) is 16.5. The molecular weight excluding hydrogens is 404 g/mol. The van der Waals surface area contributed by atoms with Gasteiger partial charge in [0.15, 0.2) is 0 Å².